The summed E-state index contributed by atoms with van der Waals surface area (Å²) >= 11 is 0. The predicted octanol–water partition coefficient (Wildman–Crippen LogP) is 3.54. The van der Waals surface area contributed by atoms with Crippen molar-refractivity contribution in [2.24, 2.45) is 11.8 Å². The van der Waals surface area contributed by atoms with Gasteiger partial charge in [0.2, 0.25) is 6.54 Å². The van der Waals surface area contributed by atoms with Crippen LogP contribution < -0.4 is 9.47 Å². The van der Waals surface area contributed by atoms with Crippen molar-refractivity contribution in [1.82, 2.24) is 0 Å². The maximum atomic E-state index is 11.6. The van der Waals surface area contributed by atoms with E-state index in [2.05, 4.69) is 0 Å². The number of benzene rings is 2. The summed E-state index contributed by atoms with van der Waals surface area (Å²) in [6.45, 7) is 0.808. The summed E-state index contributed by atoms with van der Waals surface area (Å²) in [5.41, 5.74) is 1.90. The first-order valence-electron chi connectivity index (χ1n) is 10.0. The molecule has 2 aromatic carbocycles. The van der Waals surface area contributed by atoms with Crippen molar-refractivity contribution >= 4 is 6.29 Å². The van der Waals surface area contributed by atoms with E-state index in [1.807, 2.05) is 48.5 Å². The zero-order valence-corrected chi connectivity index (χ0v) is 17.9. The Hall–Kier alpha value is -2.97. The van der Waals surface area contributed by atoms with Gasteiger partial charge in [-0.15, -0.1) is 0 Å². The minimum absolute atomic E-state index is 0.120. The molecule has 2 aromatic rings. The molecule has 0 fully saturated rings. The SMILES string of the molecule is COc1ccc(COCC[C@@H](C=O)[C@H](COCc2ccc(OC)cc2)C[N+](=O)[O-])cc1. The third-order valence-corrected chi connectivity index (χ3v) is 4.95. The van der Waals surface area contributed by atoms with Gasteiger partial charge in [0.25, 0.3) is 0 Å². The highest BCUT2D eigenvalue weighted by atomic mass is 16.6. The van der Waals surface area contributed by atoms with Crippen molar-refractivity contribution in [3.8, 4) is 11.5 Å². The molecular formula is C23H29NO7. The molecule has 0 spiro atoms. The summed E-state index contributed by atoms with van der Waals surface area (Å²) in [7, 11) is 3.20. The minimum atomic E-state index is -0.518. The van der Waals surface area contributed by atoms with Gasteiger partial charge in [0.15, 0.2) is 0 Å². The minimum Gasteiger partial charge on any atom is -0.497 e. The fraction of sp³-hybridized carbons (Fsp3) is 0.435. The normalized spacial score (nSPS) is 12.7. The van der Waals surface area contributed by atoms with Crippen LogP contribution in [0.25, 0.3) is 0 Å². The fourth-order valence-corrected chi connectivity index (χ4v) is 3.10. The number of nitro groups is 1. The highest BCUT2D eigenvalue weighted by molar-refractivity contribution is 5.54. The van der Waals surface area contributed by atoms with Gasteiger partial charge in [-0.25, -0.2) is 0 Å². The quantitative estimate of drug-likeness (QED) is 0.184. The van der Waals surface area contributed by atoms with Crippen LogP contribution in [0, 0.1) is 22.0 Å². The Morgan fingerprint density at radius 3 is 1.87 bits per heavy atom. The molecule has 0 aliphatic heterocycles. The lowest BCUT2D eigenvalue weighted by Gasteiger charge is -2.19. The van der Waals surface area contributed by atoms with Gasteiger partial charge in [-0.3, -0.25) is 10.1 Å². The molecule has 0 bridgehead atoms. The molecule has 0 heterocycles. The lowest BCUT2D eigenvalue weighted by molar-refractivity contribution is -0.490. The molecule has 0 saturated heterocycles. The number of methoxy groups -OCH3 is 2. The van der Waals surface area contributed by atoms with Crippen molar-refractivity contribution in [3.63, 3.8) is 0 Å². The number of ether oxygens (including phenoxy) is 4. The highest BCUT2D eigenvalue weighted by Crippen LogP contribution is 2.18. The van der Waals surface area contributed by atoms with E-state index in [0.29, 0.717) is 26.2 Å². The van der Waals surface area contributed by atoms with Crippen molar-refractivity contribution in [3.05, 3.63) is 69.8 Å². The Morgan fingerprint density at radius 2 is 1.42 bits per heavy atom. The lowest BCUT2D eigenvalue weighted by Crippen LogP contribution is -2.29. The van der Waals surface area contributed by atoms with Crippen molar-refractivity contribution in [2.75, 3.05) is 34.0 Å². The molecule has 0 aliphatic rings. The van der Waals surface area contributed by atoms with Crippen LogP contribution in [0.5, 0.6) is 11.5 Å². The van der Waals surface area contributed by atoms with Gasteiger partial charge < -0.3 is 23.7 Å². The Morgan fingerprint density at radius 1 is 0.903 bits per heavy atom. The average Bonchev–Trinajstić information content (AvgIpc) is 2.79. The van der Waals surface area contributed by atoms with E-state index in [1.54, 1.807) is 14.2 Å². The van der Waals surface area contributed by atoms with Crippen LogP contribution in [-0.4, -0.2) is 45.2 Å². The molecule has 2 rings (SSSR count). The second-order valence-corrected chi connectivity index (χ2v) is 7.13. The third kappa shape index (κ3) is 8.74. The number of nitrogens with zero attached hydrogens (tertiary/aromatic N) is 1. The van der Waals surface area contributed by atoms with E-state index < -0.39 is 16.8 Å². The number of hydrogen-bond acceptors (Lipinski definition) is 7. The Balaban J connectivity index is 1.81. The van der Waals surface area contributed by atoms with Gasteiger partial charge in [0.1, 0.15) is 17.8 Å². The molecule has 0 saturated carbocycles. The first kappa shape index (κ1) is 24.3. The maximum Gasteiger partial charge on any atom is 0.209 e. The van der Waals surface area contributed by atoms with Gasteiger partial charge in [-0.2, -0.15) is 0 Å². The van der Waals surface area contributed by atoms with E-state index in [4.69, 9.17) is 18.9 Å². The number of carbonyl (C=O) groups excluding carboxylic acids is 1. The lowest BCUT2D eigenvalue weighted by atomic mass is 9.91. The van der Waals surface area contributed by atoms with Gasteiger partial charge in [0, 0.05) is 17.4 Å². The van der Waals surface area contributed by atoms with Crippen molar-refractivity contribution in [1.29, 1.82) is 0 Å². The second-order valence-electron chi connectivity index (χ2n) is 7.13. The molecule has 8 nitrogen and oxygen atoms in total. The van der Waals surface area contributed by atoms with Crippen LogP contribution in [0.2, 0.25) is 0 Å². The van der Waals surface area contributed by atoms with Crippen LogP contribution in [0.1, 0.15) is 17.5 Å². The number of aldehydes is 1. The summed E-state index contributed by atoms with van der Waals surface area (Å²) in [5, 5.41) is 11.1. The van der Waals surface area contributed by atoms with Gasteiger partial charge in [-0.05, 0) is 41.8 Å². The summed E-state index contributed by atoms with van der Waals surface area (Å²) in [6.07, 6.45) is 1.16. The standard InChI is InChI=1S/C23H29NO7/c1-28-22-7-3-18(4-8-22)15-30-12-11-20(14-25)21(13-24(26)27)17-31-16-19-5-9-23(29-2)10-6-19/h3-10,14,20-21H,11-13,15-17H2,1-2H3/t20-,21-/m0/s1. The number of hydrogen-bond donors (Lipinski definition) is 0. The third-order valence-electron chi connectivity index (χ3n) is 4.95. The van der Waals surface area contributed by atoms with E-state index in [1.165, 1.54) is 0 Å². The first-order chi connectivity index (χ1) is 15.0. The molecule has 8 heteroatoms. The molecule has 31 heavy (non-hydrogen) atoms. The van der Waals surface area contributed by atoms with E-state index >= 15 is 0 Å². The van der Waals surface area contributed by atoms with E-state index in [0.717, 1.165) is 28.9 Å². The summed E-state index contributed by atoms with van der Waals surface area (Å²) < 4.78 is 21.6. The van der Waals surface area contributed by atoms with Gasteiger partial charge >= 0.3 is 0 Å². The van der Waals surface area contributed by atoms with Gasteiger partial charge in [0.05, 0.1) is 40.0 Å². The molecule has 0 amide bonds. The number of carbonyl (C=O) groups is 1. The molecule has 0 aromatic heterocycles. The second kappa shape index (κ2) is 13.4. The Bertz CT molecular complexity index is 793. The van der Waals surface area contributed by atoms with Gasteiger partial charge in [-0.1, -0.05) is 24.3 Å². The summed E-state index contributed by atoms with van der Waals surface area (Å²) in [6, 6.07) is 14.9. The van der Waals surface area contributed by atoms with Crippen LogP contribution in [0.4, 0.5) is 0 Å². The molecule has 2 atom stereocenters. The molecule has 0 aliphatic carbocycles. The van der Waals surface area contributed by atoms with Crippen molar-refractivity contribution in [2.45, 2.75) is 19.6 Å². The summed E-state index contributed by atoms with van der Waals surface area (Å²) in [4.78, 5) is 22.3. The zero-order chi connectivity index (χ0) is 22.5. The van der Waals surface area contributed by atoms with Crippen LogP contribution >= 0.6 is 0 Å². The molecule has 0 radical (unpaired) electrons. The van der Waals surface area contributed by atoms with E-state index in [9.17, 15) is 14.9 Å². The fourth-order valence-electron chi connectivity index (χ4n) is 3.10. The predicted molar refractivity (Wildman–Crippen MR) is 115 cm³/mol. The molecule has 0 unspecified atom stereocenters. The molecule has 168 valence electrons. The topological polar surface area (TPSA) is 97.1 Å². The smallest absolute Gasteiger partial charge is 0.209 e. The zero-order valence-electron chi connectivity index (χ0n) is 17.9. The maximum absolute atomic E-state index is 11.6. The van der Waals surface area contributed by atoms with Crippen LogP contribution in [0.15, 0.2) is 48.5 Å². The monoisotopic (exact) mass is 431 g/mol. The molecule has 0 N–H and O–H groups in total. The largest absolute Gasteiger partial charge is 0.497 e. The first-order valence-corrected chi connectivity index (χ1v) is 10.0. The number of rotatable bonds is 15. The highest BCUT2D eigenvalue weighted by Gasteiger charge is 2.26. The van der Waals surface area contributed by atoms with E-state index in [-0.39, 0.29) is 13.2 Å². The van der Waals surface area contributed by atoms with Crippen LogP contribution in [0.3, 0.4) is 0 Å². The van der Waals surface area contributed by atoms with Crippen molar-refractivity contribution < 1.29 is 28.7 Å². The average molecular weight is 431 g/mol. The Kier molecular flexibility index (Phi) is 10.5. The Labute approximate surface area is 182 Å². The van der Waals surface area contributed by atoms with Crippen LogP contribution in [-0.2, 0) is 27.5 Å². The summed E-state index contributed by atoms with van der Waals surface area (Å²) in [5.74, 6) is 0.472. The molecular weight excluding hydrogens is 402 g/mol.